The van der Waals surface area contributed by atoms with Gasteiger partial charge in [0.1, 0.15) is 19.0 Å². The van der Waals surface area contributed by atoms with Crippen molar-refractivity contribution < 1.29 is 19.0 Å². The molecule has 172 valence electrons. The quantitative estimate of drug-likeness (QED) is 0.342. The zero-order valence-electron chi connectivity index (χ0n) is 19.0. The zero-order valence-corrected chi connectivity index (χ0v) is 19.0. The van der Waals surface area contributed by atoms with Crippen molar-refractivity contribution in [2.24, 2.45) is 0 Å². The second kappa shape index (κ2) is 9.83. The molecule has 0 unspecified atom stereocenters. The first kappa shape index (κ1) is 21.8. The third-order valence-electron chi connectivity index (χ3n) is 5.68. The molecular formula is C28H26N2O4. The first-order chi connectivity index (χ1) is 16.7. The van der Waals surface area contributed by atoms with Crippen molar-refractivity contribution in [3.8, 4) is 28.5 Å². The monoisotopic (exact) mass is 454 g/mol. The number of para-hydroxylation sites is 1. The number of carbonyl (C=O) groups is 1. The Morgan fingerprint density at radius 2 is 1.76 bits per heavy atom. The lowest BCUT2D eigenvalue weighted by molar-refractivity contribution is 0.102. The summed E-state index contributed by atoms with van der Waals surface area (Å²) in [6, 6.07) is 22.7. The minimum Gasteiger partial charge on any atom is -0.494 e. The van der Waals surface area contributed by atoms with E-state index in [9.17, 15) is 4.79 Å². The van der Waals surface area contributed by atoms with Gasteiger partial charge in [-0.05, 0) is 55.0 Å². The van der Waals surface area contributed by atoms with E-state index >= 15 is 0 Å². The van der Waals surface area contributed by atoms with Gasteiger partial charge in [-0.2, -0.15) is 0 Å². The molecule has 3 aromatic carbocycles. The van der Waals surface area contributed by atoms with Crippen LogP contribution in [0.3, 0.4) is 0 Å². The topological polar surface area (TPSA) is 69.7 Å². The van der Waals surface area contributed by atoms with Gasteiger partial charge in [-0.25, -0.2) is 4.98 Å². The Kier molecular flexibility index (Phi) is 6.29. The van der Waals surface area contributed by atoms with Crippen LogP contribution in [0.4, 0.5) is 5.69 Å². The number of hydrogen-bond acceptors (Lipinski definition) is 5. The Labute approximate surface area is 198 Å². The minimum atomic E-state index is -0.212. The first-order valence-electron chi connectivity index (χ1n) is 11.6. The van der Waals surface area contributed by atoms with Gasteiger partial charge in [0.25, 0.3) is 5.91 Å². The molecule has 1 N–H and O–H groups in total. The fourth-order valence-corrected chi connectivity index (χ4v) is 3.89. The van der Waals surface area contributed by atoms with E-state index in [1.807, 2.05) is 66.7 Å². The number of nitrogens with one attached hydrogen (secondary N) is 1. The van der Waals surface area contributed by atoms with E-state index in [1.165, 1.54) is 0 Å². The maximum atomic E-state index is 13.3. The highest BCUT2D eigenvalue weighted by Crippen LogP contribution is 2.33. The van der Waals surface area contributed by atoms with Gasteiger partial charge < -0.3 is 19.5 Å². The molecule has 0 radical (unpaired) electrons. The molecule has 0 atom stereocenters. The SMILES string of the molecule is CCCCOc1ccc(-c2cc(C(=O)Nc3ccc4c(c3)OCCO4)c3ccccc3n2)cc1. The lowest BCUT2D eigenvalue weighted by Crippen LogP contribution is -2.16. The van der Waals surface area contributed by atoms with E-state index in [-0.39, 0.29) is 5.91 Å². The van der Waals surface area contributed by atoms with Crippen molar-refractivity contribution in [1.29, 1.82) is 0 Å². The third-order valence-corrected chi connectivity index (χ3v) is 5.68. The van der Waals surface area contributed by atoms with Gasteiger partial charge in [-0.3, -0.25) is 4.79 Å². The van der Waals surface area contributed by atoms with Crippen LogP contribution in [0, 0.1) is 0 Å². The molecule has 1 aliphatic rings. The molecule has 6 heteroatoms. The Balaban J connectivity index is 1.44. The molecule has 0 spiro atoms. The van der Waals surface area contributed by atoms with Crippen molar-refractivity contribution in [2.75, 3.05) is 25.1 Å². The van der Waals surface area contributed by atoms with E-state index in [0.717, 1.165) is 40.8 Å². The highest BCUT2D eigenvalue weighted by Gasteiger charge is 2.17. The van der Waals surface area contributed by atoms with Crippen LogP contribution < -0.4 is 19.5 Å². The summed E-state index contributed by atoms with van der Waals surface area (Å²) in [5.74, 6) is 1.93. The fourth-order valence-electron chi connectivity index (χ4n) is 3.89. The van der Waals surface area contributed by atoms with Gasteiger partial charge in [-0.15, -0.1) is 0 Å². The van der Waals surface area contributed by atoms with Crippen molar-refractivity contribution >= 4 is 22.5 Å². The van der Waals surface area contributed by atoms with Crippen molar-refractivity contribution in [3.05, 3.63) is 78.4 Å². The van der Waals surface area contributed by atoms with E-state index in [2.05, 4.69) is 12.2 Å². The molecule has 0 saturated carbocycles. The number of amides is 1. The average Bonchev–Trinajstić information content (AvgIpc) is 2.88. The highest BCUT2D eigenvalue weighted by molar-refractivity contribution is 6.13. The standard InChI is InChI=1S/C28H26N2O4/c1-2-3-14-32-21-11-8-19(9-12-21)25-18-23(22-6-4-5-7-24(22)30-25)28(31)29-20-10-13-26-27(17-20)34-16-15-33-26/h4-13,17-18H,2-3,14-16H2,1H3,(H,29,31). The number of anilines is 1. The number of nitrogens with zero attached hydrogens (tertiary/aromatic N) is 1. The Bertz CT molecular complexity index is 1320. The summed E-state index contributed by atoms with van der Waals surface area (Å²) in [4.78, 5) is 18.2. The Hall–Kier alpha value is -4.06. The summed E-state index contributed by atoms with van der Waals surface area (Å²) >= 11 is 0. The molecule has 5 rings (SSSR count). The third kappa shape index (κ3) is 4.66. The molecule has 2 heterocycles. The first-order valence-corrected chi connectivity index (χ1v) is 11.6. The van der Waals surface area contributed by atoms with Crippen LogP contribution in [-0.4, -0.2) is 30.7 Å². The van der Waals surface area contributed by atoms with Crippen LogP contribution in [0.2, 0.25) is 0 Å². The number of unbranched alkanes of at least 4 members (excludes halogenated alkanes) is 1. The molecular weight excluding hydrogens is 428 g/mol. The Morgan fingerprint density at radius 3 is 2.59 bits per heavy atom. The summed E-state index contributed by atoms with van der Waals surface area (Å²) in [6.45, 7) is 3.86. The largest absolute Gasteiger partial charge is 0.494 e. The maximum Gasteiger partial charge on any atom is 0.256 e. The van der Waals surface area contributed by atoms with E-state index in [4.69, 9.17) is 19.2 Å². The van der Waals surface area contributed by atoms with Gasteiger partial charge in [0.05, 0.1) is 23.4 Å². The lowest BCUT2D eigenvalue weighted by Gasteiger charge is -2.19. The molecule has 0 fully saturated rings. The number of aromatic nitrogens is 1. The van der Waals surface area contributed by atoms with Crippen LogP contribution in [0.25, 0.3) is 22.2 Å². The van der Waals surface area contributed by atoms with Crippen molar-refractivity contribution in [2.45, 2.75) is 19.8 Å². The molecule has 0 bridgehead atoms. The lowest BCUT2D eigenvalue weighted by atomic mass is 10.0. The van der Waals surface area contributed by atoms with E-state index in [1.54, 1.807) is 6.07 Å². The molecule has 0 aliphatic carbocycles. The number of carbonyl (C=O) groups excluding carboxylic acids is 1. The summed E-state index contributed by atoms with van der Waals surface area (Å²) in [5, 5.41) is 3.79. The predicted molar refractivity (Wildman–Crippen MR) is 133 cm³/mol. The number of benzene rings is 3. The molecule has 1 amide bonds. The number of hydrogen-bond donors (Lipinski definition) is 1. The minimum absolute atomic E-state index is 0.212. The fraction of sp³-hybridized carbons (Fsp3) is 0.214. The van der Waals surface area contributed by atoms with Crippen LogP contribution in [0.1, 0.15) is 30.1 Å². The predicted octanol–water partition coefficient (Wildman–Crippen LogP) is 6.10. The summed E-state index contributed by atoms with van der Waals surface area (Å²) in [5.41, 5.74) is 3.60. The highest BCUT2D eigenvalue weighted by atomic mass is 16.6. The smallest absolute Gasteiger partial charge is 0.256 e. The molecule has 0 saturated heterocycles. The average molecular weight is 455 g/mol. The van der Waals surface area contributed by atoms with Crippen molar-refractivity contribution in [3.63, 3.8) is 0 Å². The van der Waals surface area contributed by atoms with Gasteiger partial charge in [0.15, 0.2) is 11.5 Å². The zero-order chi connectivity index (χ0) is 23.3. The number of pyridine rings is 1. The second-order valence-electron chi connectivity index (χ2n) is 8.11. The number of fused-ring (bicyclic) bond motifs is 2. The van der Waals surface area contributed by atoms with E-state index in [0.29, 0.717) is 42.6 Å². The molecule has 4 aromatic rings. The summed E-state index contributed by atoms with van der Waals surface area (Å²) in [7, 11) is 0. The second-order valence-corrected chi connectivity index (χ2v) is 8.11. The van der Waals surface area contributed by atoms with Gasteiger partial charge in [-0.1, -0.05) is 31.5 Å². The van der Waals surface area contributed by atoms with Crippen LogP contribution in [-0.2, 0) is 0 Å². The molecule has 1 aliphatic heterocycles. The van der Waals surface area contributed by atoms with Crippen molar-refractivity contribution in [1.82, 2.24) is 4.98 Å². The van der Waals surface area contributed by atoms with Gasteiger partial charge in [0.2, 0.25) is 0 Å². The van der Waals surface area contributed by atoms with Crippen LogP contribution >= 0.6 is 0 Å². The maximum absolute atomic E-state index is 13.3. The van der Waals surface area contributed by atoms with Gasteiger partial charge >= 0.3 is 0 Å². The van der Waals surface area contributed by atoms with Crippen LogP contribution in [0.15, 0.2) is 72.8 Å². The van der Waals surface area contributed by atoms with Crippen LogP contribution in [0.5, 0.6) is 17.2 Å². The molecule has 6 nitrogen and oxygen atoms in total. The Morgan fingerprint density at radius 1 is 0.971 bits per heavy atom. The summed E-state index contributed by atoms with van der Waals surface area (Å²) in [6.07, 6.45) is 2.12. The molecule has 34 heavy (non-hydrogen) atoms. The summed E-state index contributed by atoms with van der Waals surface area (Å²) < 4.78 is 17.0. The van der Waals surface area contributed by atoms with Gasteiger partial charge in [0, 0.05) is 22.7 Å². The number of ether oxygens (including phenoxy) is 3. The molecule has 1 aromatic heterocycles. The van der Waals surface area contributed by atoms with E-state index < -0.39 is 0 Å². The number of rotatable bonds is 7. The normalized spacial score (nSPS) is 12.4.